The van der Waals surface area contributed by atoms with Crippen LogP contribution in [0, 0.1) is 0 Å². The van der Waals surface area contributed by atoms with Crippen LogP contribution in [-0.4, -0.2) is 23.4 Å². The summed E-state index contributed by atoms with van der Waals surface area (Å²) in [6, 6.07) is 22.3. The molecule has 4 rings (SSSR count). The monoisotopic (exact) mass is 385 g/mol. The number of H-pyrrole nitrogens is 1. The molecule has 3 N–H and O–H groups in total. The Kier molecular flexibility index (Phi) is 4.99. The fourth-order valence-corrected chi connectivity index (χ4v) is 3.06. The Morgan fingerprint density at radius 3 is 2.55 bits per heavy atom. The van der Waals surface area contributed by atoms with Crippen LogP contribution < -0.4 is 15.6 Å². The van der Waals surface area contributed by atoms with Crippen molar-refractivity contribution in [1.82, 2.24) is 4.98 Å². The highest BCUT2D eigenvalue weighted by Gasteiger charge is 2.10. The maximum atomic E-state index is 12.3. The Morgan fingerprint density at radius 2 is 1.76 bits per heavy atom. The molecule has 6 heteroatoms. The second-order valence-electron chi connectivity index (χ2n) is 6.43. The second-order valence-corrected chi connectivity index (χ2v) is 6.43. The van der Waals surface area contributed by atoms with E-state index in [1.807, 2.05) is 66.7 Å². The number of fused-ring (bicyclic) bond motifs is 1. The number of hydrogen-bond donors (Lipinski definition) is 3. The van der Waals surface area contributed by atoms with E-state index in [0.717, 1.165) is 22.8 Å². The van der Waals surface area contributed by atoms with Crippen molar-refractivity contribution in [3.63, 3.8) is 0 Å². The highest BCUT2D eigenvalue weighted by atomic mass is 16.5. The summed E-state index contributed by atoms with van der Waals surface area (Å²) in [5, 5.41) is 14.7. The van der Waals surface area contributed by atoms with Crippen LogP contribution in [0.4, 0.5) is 17.1 Å². The quantitative estimate of drug-likeness (QED) is 0.433. The van der Waals surface area contributed by atoms with E-state index < -0.39 is 0 Å². The minimum Gasteiger partial charge on any atom is -0.497 e. The molecule has 0 unspecified atom stereocenters. The van der Waals surface area contributed by atoms with Crippen molar-refractivity contribution in [2.45, 2.75) is 0 Å². The standard InChI is InChI=1S/C23H19N3O3/c1-29-18-9-5-8-16(12-18)25-17-10-11-19-20(13-17)21(23(28)26-22(19)27)14-24-15-6-3-2-4-7-15/h2-14,25H,1H3,(H2,26,27,28). The first-order valence-electron chi connectivity index (χ1n) is 9.03. The van der Waals surface area contributed by atoms with Gasteiger partial charge in [-0.15, -0.1) is 0 Å². The van der Waals surface area contributed by atoms with Gasteiger partial charge in [-0.2, -0.15) is 0 Å². The lowest BCUT2D eigenvalue weighted by Gasteiger charge is -2.10. The average molecular weight is 385 g/mol. The maximum absolute atomic E-state index is 12.3. The number of benzene rings is 3. The van der Waals surface area contributed by atoms with Crippen LogP contribution in [-0.2, 0) is 0 Å². The van der Waals surface area contributed by atoms with E-state index >= 15 is 0 Å². The topological polar surface area (TPSA) is 86.7 Å². The number of aromatic amines is 1. The molecular weight excluding hydrogens is 366 g/mol. The van der Waals surface area contributed by atoms with E-state index in [2.05, 4.69) is 15.3 Å². The molecule has 0 atom stereocenters. The molecular formula is C23H19N3O3. The Morgan fingerprint density at radius 1 is 0.966 bits per heavy atom. The van der Waals surface area contributed by atoms with Crippen molar-refractivity contribution in [1.29, 1.82) is 0 Å². The number of aromatic nitrogens is 1. The van der Waals surface area contributed by atoms with Gasteiger partial charge in [0.25, 0.3) is 5.56 Å². The number of nitrogens with one attached hydrogen (secondary N) is 2. The third-order valence-electron chi connectivity index (χ3n) is 4.50. The molecule has 0 radical (unpaired) electrons. The molecule has 3 aromatic carbocycles. The summed E-state index contributed by atoms with van der Waals surface area (Å²) in [5.74, 6) is 0.515. The van der Waals surface area contributed by atoms with Crippen LogP contribution in [0.3, 0.4) is 0 Å². The van der Waals surface area contributed by atoms with E-state index in [1.165, 1.54) is 0 Å². The van der Waals surface area contributed by atoms with Crippen molar-refractivity contribution in [3.8, 4) is 11.6 Å². The number of aromatic hydroxyl groups is 1. The van der Waals surface area contributed by atoms with Gasteiger partial charge in [-0.1, -0.05) is 24.3 Å². The molecule has 144 valence electrons. The molecule has 4 aromatic rings. The molecule has 0 spiro atoms. The van der Waals surface area contributed by atoms with E-state index in [4.69, 9.17) is 4.74 Å². The third kappa shape index (κ3) is 3.96. The average Bonchev–Trinajstić information content (AvgIpc) is 2.74. The zero-order valence-corrected chi connectivity index (χ0v) is 15.7. The van der Waals surface area contributed by atoms with Gasteiger partial charge >= 0.3 is 0 Å². The van der Waals surface area contributed by atoms with Crippen molar-refractivity contribution in [3.05, 3.63) is 88.7 Å². The van der Waals surface area contributed by atoms with Crippen LogP contribution >= 0.6 is 0 Å². The first-order valence-corrected chi connectivity index (χ1v) is 9.03. The van der Waals surface area contributed by atoms with Crippen LogP contribution in [0.1, 0.15) is 5.56 Å². The van der Waals surface area contributed by atoms with Gasteiger partial charge in [0.15, 0.2) is 0 Å². The van der Waals surface area contributed by atoms with Gasteiger partial charge in [-0.25, -0.2) is 0 Å². The van der Waals surface area contributed by atoms with Gasteiger partial charge in [-0.05, 0) is 42.5 Å². The smallest absolute Gasteiger partial charge is 0.258 e. The van der Waals surface area contributed by atoms with Gasteiger partial charge in [0.05, 0.1) is 18.4 Å². The highest BCUT2D eigenvalue weighted by Crippen LogP contribution is 2.27. The first kappa shape index (κ1) is 18.3. The molecule has 6 nitrogen and oxygen atoms in total. The Balaban J connectivity index is 1.77. The molecule has 0 aliphatic carbocycles. The maximum Gasteiger partial charge on any atom is 0.258 e. The molecule has 0 saturated heterocycles. The number of hydrogen-bond acceptors (Lipinski definition) is 5. The first-order chi connectivity index (χ1) is 14.1. The molecule has 0 fully saturated rings. The van der Waals surface area contributed by atoms with E-state index in [-0.39, 0.29) is 11.4 Å². The van der Waals surface area contributed by atoms with Crippen molar-refractivity contribution >= 4 is 34.0 Å². The van der Waals surface area contributed by atoms with Crippen LogP contribution in [0.5, 0.6) is 11.6 Å². The summed E-state index contributed by atoms with van der Waals surface area (Å²) in [4.78, 5) is 19.2. The van der Waals surface area contributed by atoms with E-state index in [1.54, 1.807) is 19.4 Å². The van der Waals surface area contributed by atoms with Gasteiger partial charge in [0.1, 0.15) is 5.75 Å². The fraction of sp³-hybridized carbons (Fsp3) is 0.0435. The van der Waals surface area contributed by atoms with Crippen molar-refractivity contribution in [2.24, 2.45) is 4.99 Å². The number of aliphatic imine (C=N–C) groups is 1. The lowest BCUT2D eigenvalue weighted by Crippen LogP contribution is -2.08. The van der Waals surface area contributed by atoms with Gasteiger partial charge in [0, 0.05) is 34.4 Å². The minimum atomic E-state index is -0.359. The third-order valence-corrected chi connectivity index (χ3v) is 4.50. The normalized spacial score (nSPS) is 11.1. The number of anilines is 2. The number of nitrogens with zero attached hydrogens (tertiary/aromatic N) is 1. The molecule has 0 amide bonds. The summed E-state index contributed by atoms with van der Waals surface area (Å²) in [5.41, 5.74) is 2.44. The Hall–Kier alpha value is -4.06. The molecule has 1 heterocycles. The van der Waals surface area contributed by atoms with Crippen molar-refractivity contribution in [2.75, 3.05) is 12.4 Å². The van der Waals surface area contributed by atoms with E-state index in [9.17, 15) is 9.90 Å². The number of pyridine rings is 1. The summed E-state index contributed by atoms with van der Waals surface area (Å²) in [6.45, 7) is 0. The van der Waals surface area contributed by atoms with Crippen LogP contribution in [0.15, 0.2) is 82.6 Å². The van der Waals surface area contributed by atoms with Crippen LogP contribution in [0.25, 0.3) is 10.8 Å². The molecule has 0 aliphatic heterocycles. The predicted octanol–water partition coefficient (Wildman–Crippen LogP) is 4.74. The summed E-state index contributed by atoms with van der Waals surface area (Å²) < 4.78 is 5.25. The summed E-state index contributed by atoms with van der Waals surface area (Å²) >= 11 is 0. The van der Waals surface area contributed by atoms with E-state index in [0.29, 0.717) is 16.3 Å². The molecule has 0 bridgehead atoms. The van der Waals surface area contributed by atoms with Gasteiger partial charge in [0.2, 0.25) is 5.88 Å². The predicted molar refractivity (Wildman–Crippen MR) is 116 cm³/mol. The second kappa shape index (κ2) is 7.90. The Bertz CT molecular complexity index is 1250. The fourth-order valence-electron chi connectivity index (χ4n) is 3.06. The molecule has 0 aliphatic rings. The number of rotatable bonds is 5. The van der Waals surface area contributed by atoms with Gasteiger partial charge < -0.3 is 15.2 Å². The molecule has 0 saturated carbocycles. The van der Waals surface area contributed by atoms with Gasteiger partial charge in [-0.3, -0.25) is 14.8 Å². The Labute approximate surface area is 167 Å². The number of ether oxygens (including phenoxy) is 1. The zero-order valence-electron chi connectivity index (χ0n) is 15.7. The summed E-state index contributed by atoms with van der Waals surface area (Å²) in [7, 11) is 1.61. The number of para-hydroxylation sites is 1. The largest absolute Gasteiger partial charge is 0.497 e. The number of methoxy groups -OCH3 is 1. The minimum absolute atomic E-state index is 0.222. The SMILES string of the molecule is COc1cccc(Nc2ccc3c(=O)[nH]c(O)c(C=Nc4ccccc4)c3c2)c1. The lowest BCUT2D eigenvalue weighted by atomic mass is 10.1. The van der Waals surface area contributed by atoms with Crippen molar-refractivity contribution < 1.29 is 9.84 Å². The lowest BCUT2D eigenvalue weighted by molar-refractivity contribution is 0.415. The van der Waals surface area contributed by atoms with Crippen LogP contribution in [0.2, 0.25) is 0 Å². The molecule has 29 heavy (non-hydrogen) atoms. The summed E-state index contributed by atoms with van der Waals surface area (Å²) in [6.07, 6.45) is 1.55. The zero-order chi connectivity index (χ0) is 20.2. The molecule has 1 aromatic heterocycles. The highest BCUT2D eigenvalue weighted by molar-refractivity contribution is 6.03.